The molecule has 1 heterocycles. The van der Waals surface area contributed by atoms with Crippen LogP contribution < -0.4 is 0 Å². The molecule has 3 rings (SSSR count). The molecule has 3 heteroatoms. The molecule has 0 saturated heterocycles. The van der Waals surface area contributed by atoms with E-state index in [1.165, 1.54) is 10.9 Å². The Morgan fingerprint density at radius 3 is 3.12 bits per heavy atom. The molecule has 3 nitrogen and oxygen atoms in total. The summed E-state index contributed by atoms with van der Waals surface area (Å²) in [5.74, 6) is -0.199. The highest BCUT2D eigenvalue weighted by atomic mass is 16.5. The summed E-state index contributed by atoms with van der Waals surface area (Å²) < 4.78 is 5.12. The topological polar surface area (TPSA) is 42.1 Å². The third-order valence-electron chi connectivity index (χ3n) is 3.45. The van der Waals surface area contributed by atoms with E-state index in [9.17, 15) is 4.79 Å². The molecule has 1 aliphatic carbocycles. The quantitative estimate of drug-likeness (QED) is 0.804. The molecule has 1 N–H and O–H groups in total. The lowest BCUT2D eigenvalue weighted by molar-refractivity contribution is -0.144. The second-order valence-electron chi connectivity index (χ2n) is 4.41. The zero-order chi connectivity index (χ0) is 11.8. The largest absolute Gasteiger partial charge is 0.465 e. The molecule has 0 unspecified atom stereocenters. The first-order valence-corrected chi connectivity index (χ1v) is 6.07. The molecule has 1 aromatic carbocycles. The fraction of sp³-hybridized carbons (Fsp3) is 0.357. The van der Waals surface area contributed by atoms with Gasteiger partial charge in [0.05, 0.1) is 12.5 Å². The standard InChI is InChI=1S/C14H15NO2/c1-2-17-14(16)11-8-7-10-9-5-3-4-6-12(9)15-13(10)11/h3-6,11,15H,2,7-8H2,1H3/t11-/m0/s1. The Morgan fingerprint density at radius 2 is 2.29 bits per heavy atom. The molecular weight excluding hydrogens is 214 g/mol. The minimum absolute atomic E-state index is 0.0993. The number of fused-ring (bicyclic) bond motifs is 3. The molecule has 17 heavy (non-hydrogen) atoms. The Morgan fingerprint density at radius 1 is 1.47 bits per heavy atom. The molecule has 2 aromatic rings. The number of carbonyl (C=O) groups excluding carboxylic acids is 1. The Kier molecular flexibility index (Phi) is 2.39. The summed E-state index contributed by atoms with van der Waals surface area (Å²) in [5, 5.41) is 1.24. The van der Waals surface area contributed by atoms with Gasteiger partial charge in [0.25, 0.3) is 0 Å². The number of rotatable bonds is 2. The average Bonchev–Trinajstić information content (AvgIpc) is 2.87. The number of benzene rings is 1. The van der Waals surface area contributed by atoms with Crippen LogP contribution in [0.15, 0.2) is 24.3 Å². The lowest BCUT2D eigenvalue weighted by Gasteiger charge is -2.08. The molecule has 1 atom stereocenters. The number of aromatic nitrogens is 1. The zero-order valence-electron chi connectivity index (χ0n) is 9.82. The molecule has 0 saturated carbocycles. The van der Waals surface area contributed by atoms with Crippen molar-refractivity contribution in [2.45, 2.75) is 25.7 Å². The Labute approximate surface area is 99.8 Å². The molecule has 1 aromatic heterocycles. The molecule has 0 amide bonds. The predicted molar refractivity (Wildman–Crippen MR) is 66.0 cm³/mol. The Bertz CT molecular complexity index is 571. The van der Waals surface area contributed by atoms with Crippen molar-refractivity contribution >= 4 is 16.9 Å². The summed E-state index contributed by atoms with van der Waals surface area (Å²) >= 11 is 0. The molecule has 0 bridgehead atoms. The van der Waals surface area contributed by atoms with Crippen molar-refractivity contribution in [1.82, 2.24) is 4.98 Å². The lowest BCUT2D eigenvalue weighted by atomic mass is 10.1. The van der Waals surface area contributed by atoms with Gasteiger partial charge in [-0.15, -0.1) is 0 Å². The molecular formula is C14H15NO2. The minimum Gasteiger partial charge on any atom is -0.465 e. The van der Waals surface area contributed by atoms with E-state index in [4.69, 9.17) is 4.74 Å². The number of ether oxygens (including phenoxy) is 1. The van der Waals surface area contributed by atoms with Gasteiger partial charge in [-0.05, 0) is 31.4 Å². The number of esters is 1. The normalized spacial score (nSPS) is 18.3. The van der Waals surface area contributed by atoms with Crippen molar-refractivity contribution in [1.29, 1.82) is 0 Å². The van der Waals surface area contributed by atoms with Gasteiger partial charge in [-0.3, -0.25) is 4.79 Å². The summed E-state index contributed by atoms with van der Waals surface area (Å²) in [5.41, 5.74) is 3.47. The van der Waals surface area contributed by atoms with Crippen LogP contribution in [0.2, 0.25) is 0 Å². The van der Waals surface area contributed by atoms with Gasteiger partial charge >= 0.3 is 5.97 Å². The fourth-order valence-electron chi connectivity index (χ4n) is 2.70. The maximum absolute atomic E-state index is 11.8. The van der Waals surface area contributed by atoms with Gasteiger partial charge in [-0.2, -0.15) is 0 Å². The van der Waals surface area contributed by atoms with Crippen molar-refractivity contribution in [2.24, 2.45) is 0 Å². The van der Waals surface area contributed by atoms with Crippen molar-refractivity contribution in [3.05, 3.63) is 35.5 Å². The second kappa shape index (κ2) is 3.91. The van der Waals surface area contributed by atoms with E-state index < -0.39 is 0 Å². The van der Waals surface area contributed by atoms with Crippen LogP contribution in [0.3, 0.4) is 0 Å². The smallest absolute Gasteiger partial charge is 0.314 e. The van der Waals surface area contributed by atoms with Gasteiger partial charge in [0.2, 0.25) is 0 Å². The van der Waals surface area contributed by atoms with Crippen LogP contribution in [0.4, 0.5) is 0 Å². The Hall–Kier alpha value is -1.77. The number of H-pyrrole nitrogens is 1. The number of para-hydroxylation sites is 1. The number of hydrogen-bond acceptors (Lipinski definition) is 2. The molecule has 0 spiro atoms. The van der Waals surface area contributed by atoms with Crippen molar-refractivity contribution in [3.63, 3.8) is 0 Å². The molecule has 88 valence electrons. The van der Waals surface area contributed by atoms with Gasteiger partial charge in [0, 0.05) is 16.6 Å². The zero-order valence-corrected chi connectivity index (χ0v) is 9.82. The highest BCUT2D eigenvalue weighted by Crippen LogP contribution is 2.38. The molecule has 1 aliphatic rings. The summed E-state index contributed by atoms with van der Waals surface area (Å²) in [6.45, 7) is 2.30. The minimum atomic E-state index is -0.0997. The highest BCUT2D eigenvalue weighted by Gasteiger charge is 2.32. The maximum atomic E-state index is 11.8. The van der Waals surface area contributed by atoms with E-state index in [2.05, 4.69) is 17.1 Å². The second-order valence-corrected chi connectivity index (χ2v) is 4.41. The first kappa shape index (κ1) is 10.4. The van der Waals surface area contributed by atoms with E-state index in [0.717, 1.165) is 24.1 Å². The van der Waals surface area contributed by atoms with Gasteiger partial charge in [-0.1, -0.05) is 18.2 Å². The average molecular weight is 229 g/mol. The van der Waals surface area contributed by atoms with Crippen LogP contribution in [0.5, 0.6) is 0 Å². The van der Waals surface area contributed by atoms with Crippen LogP contribution in [0.1, 0.15) is 30.5 Å². The van der Waals surface area contributed by atoms with Gasteiger partial charge in [0.15, 0.2) is 0 Å². The number of aromatic amines is 1. The predicted octanol–water partition coefficient (Wildman–Crippen LogP) is 2.76. The van der Waals surface area contributed by atoms with Crippen molar-refractivity contribution < 1.29 is 9.53 Å². The van der Waals surface area contributed by atoms with E-state index in [0.29, 0.717) is 6.61 Å². The van der Waals surface area contributed by atoms with E-state index >= 15 is 0 Å². The van der Waals surface area contributed by atoms with Crippen LogP contribution >= 0.6 is 0 Å². The van der Waals surface area contributed by atoms with Crippen LogP contribution in [-0.2, 0) is 16.0 Å². The van der Waals surface area contributed by atoms with Crippen molar-refractivity contribution in [3.8, 4) is 0 Å². The first-order valence-electron chi connectivity index (χ1n) is 6.07. The van der Waals surface area contributed by atoms with E-state index in [1.807, 2.05) is 19.1 Å². The number of nitrogens with one attached hydrogen (secondary N) is 1. The lowest BCUT2D eigenvalue weighted by Crippen LogP contribution is -2.13. The van der Waals surface area contributed by atoms with Crippen LogP contribution in [0, 0.1) is 0 Å². The number of carbonyl (C=O) groups is 1. The van der Waals surface area contributed by atoms with Crippen LogP contribution in [-0.4, -0.2) is 17.6 Å². The van der Waals surface area contributed by atoms with Gasteiger partial charge in [-0.25, -0.2) is 0 Å². The third-order valence-corrected chi connectivity index (χ3v) is 3.45. The van der Waals surface area contributed by atoms with Gasteiger partial charge in [0.1, 0.15) is 0 Å². The van der Waals surface area contributed by atoms with E-state index in [1.54, 1.807) is 0 Å². The SMILES string of the molecule is CCOC(=O)[C@H]1CCc2c1[nH]c1ccccc21. The number of aryl methyl sites for hydroxylation is 1. The molecule has 0 fully saturated rings. The van der Waals surface area contributed by atoms with Crippen molar-refractivity contribution in [2.75, 3.05) is 6.61 Å². The van der Waals surface area contributed by atoms with Gasteiger partial charge < -0.3 is 9.72 Å². The van der Waals surface area contributed by atoms with E-state index in [-0.39, 0.29) is 11.9 Å². The first-order chi connectivity index (χ1) is 8.31. The fourth-order valence-corrected chi connectivity index (χ4v) is 2.70. The third kappa shape index (κ3) is 1.54. The molecule has 0 radical (unpaired) electrons. The summed E-state index contributed by atoms with van der Waals surface area (Å²) in [6, 6.07) is 8.20. The summed E-state index contributed by atoms with van der Waals surface area (Å²) in [6.07, 6.45) is 1.83. The molecule has 0 aliphatic heterocycles. The monoisotopic (exact) mass is 229 g/mol. The number of hydrogen-bond donors (Lipinski definition) is 1. The Balaban J connectivity index is 2.05. The maximum Gasteiger partial charge on any atom is 0.314 e. The van der Waals surface area contributed by atoms with Crippen LogP contribution in [0.25, 0.3) is 10.9 Å². The summed E-state index contributed by atoms with van der Waals surface area (Å²) in [7, 11) is 0. The highest BCUT2D eigenvalue weighted by molar-refractivity contribution is 5.89. The summed E-state index contributed by atoms with van der Waals surface area (Å²) in [4.78, 5) is 15.2.